The fourth-order valence-corrected chi connectivity index (χ4v) is 2.46. The number of nitro benzene ring substituents is 1. The third-order valence-electron chi connectivity index (χ3n) is 3.62. The number of amides is 1. The summed E-state index contributed by atoms with van der Waals surface area (Å²) in [6, 6.07) is 11.2. The van der Waals surface area contributed by atoms with Crippen LogP contribution in [0.15, 0.2) is 47.6 Å². The van der Waals surface area contributed by atoms with Gasteiger partial charge in [0, 0.05) is 23.8 Å². The third-order valence-corrected chi connectivity index (χ3v) is 3.62. The summed E-state index contributed by atoms with van der Waals surface area (Å²) in [6.45, 7) is 7.73. The molecular formula is C21H25N3O5. The summed E-state index contributed by atoms with van der Waals surface area (Å²) < 4.78 is 11.5. The van der Waals surface area contributed by atoms with Crippen LogP contribution in [0.4, 0.5) is 5.69 Å². The van der Waals surface area contributed by atoms with E-state index < -0.39 is 4.92 Å². The van der Waals surface area contributed by atoms with E-state index in [1.807, 2.05) is 33.8 Å². The molecule has 0 unspecified atom stereocenters. The van der Waals surface area contributed by atoms with Crippen molar-refractivity contribution in [2.24, 2.45) is 5.10 Å². The van der Waals surface area contributed by atoms with Crippen LogP contribution < -0.4 is 14.9 Å². The van der Waals surface area contributed by atoms with Crippen molar-refractivity contribution in [3.8, 4) is 11.5 Å². The Hall–Kier alpha value is -3.42. The summed E-state index contributed by atoms with van der Waals surface area (Å²) >= 11 is 0. The smallest absolute Gasteiger partial charge is 0.269 e. The highest BCUT2D eigenvalue weighted by molar-refractivity contribution is 5.86. The predicted molar refractivity (Wildman–Crippen MR) is 111 cm³/mol. The molecule has 2 aromatic carbocycles. The largest absolute Gasteiger partial charge is 0.491 e. The summed E-state index contributed by atoms with van der Waals surface area (Å²) in [6.07, 6.45) is 1.57. The third kappa shape index (κ3) is 7.25. The van der Waals surface area contributed by atoms with E-state index in [1.54, 1.807) is 24.3 Å². The molecule has 1 amide bonds. The van der Waals surface area contributed by atoms with Gasteiger partial charge in [-0.15, -0.1) is 0 Å². The molecule has 2 rings (SSSR count). The number of benzene rings is 2. The highest BCUT2D eigenvalue weighted by Gasteiger charge is 2.09. The first-order valence-corrected chi connectivity index (χ1v) is 9.27. The monoisotopic (exact) mass is 399 g/mol. The minimum atomic E-state index is -0.484. The molecule has 2 aromatic rings. The van der Waals surface area contributed by atoms with Crippen LogP contribution in [0, 0.1) is 10.1 Å². The highest BCUT2D eigenvalue weighted by Crippen LogP contribution is 2.25. The van der Waals surface area contributed by atoms with E-state index in [2.05, 4.69) is 10.5 Å². The number of non-ortho nitro benzene ring substituents is 1. The molecule has 0 saturated heterocycles. The first kappa shape index (κ1) is 21.9. The van der Waals surface area contributed by atoms with Crippen LogP contribution in [0.25, 0.3) is 0 Å². The summed E-state index contributed by atoms with van der Waals surface area (Å²) in [7, 11) is 0. The SMILES string of the molecule is CC(C)Oc1ccc(/C=N/NC(=O)Cc2ccc([N+](=O)[O-])cc2)c(OC(C)C)c1. The van der Waals surface area contributed by atoms with Gasteiger partial charge in [-0.2, -0.15) is 5.10 Å². The maximum atomic E-state index is 12.0. The van der Waals surface area contributed by atoms with E-state index in [0.717, 1.165) is 0 Å². The van der Waals surface area contributed by atoms with Gasteiger partial charge in [-0.1, -0.05) is 12.1 Å². The Morgan fingerprint density at radius 1 is 1.10 bits per heavy atom. The van der Waals surface area contributed by atoms with Gasteiger partial charge < -0.3 is 9.47 Å². The van der Waals surface area contributed by atoms with E-state index >= 15 is 0 Å². The molecule has 8 heteroatoms. The Morgan fingerprint density at radius 3 is 2.34 bits per heavy atom. The molecule has 29 heavy (non-hydrogen) atoms. The fraction of sp³-hybridized carbons (Fsp3) is 0.333. The van der Waals surface area contributed by atoms with Gasteiger partial charge in [0.25, 0.3) is 5.69 Å². The zero-order chi connectivity index (χ0) is 21.4. The molecule has 8 nitrogen and oxygen atoms in total. The number of ether oxygens (including phenoxy) is 2. The van der Waals surface area contributed by atoms with Gasteiger partial charge in [-0.3, -0.25) is 14.9 Å². The topological polar surface area (TPSA) is 103 Å². The molecule has 0 radical (unpaired) electrons. The average Bonchev–Trinajstić information content (AvgIpc) is 2.63. The van der Waals surface area contributed by atoms with E-state index in [0.29, 0.717) is 22.6 Å². The van der Waals surface area contributed by atoms with E-state index in [9.17, 15) is 14.9 Å². The minimum Gasteiger partial charge on any atom is -0.491 e. The number of nitrogens with zero attached hydrogens (tertiary/aromatic N) is 2. The zero-order valence-electron chi connectivity index (χ0n) is 16.9. The molecule has 1 N–H and O–H groups in total. The lowest BCUT2D eigenvalue weighted by Gasteiger charge is -2.15. The van der Waals surface area contributed by atoms with Crippen molar-refractivity contribution in [3.63, 3.8) is 0 Å². The lowest BCUT2D eigenvalue weighted by molar-refractivity contribution is -0.384. The van der Waals surface area contributed by atoms with E-state index in [4.69, 9.17) is 9.47 Å². The van der Waals surface area contributed by atoms with Gasteiger partial charge in [0.15, 0.2) is 0 Å². The molecule has 0 aromatic heterocycles. The number of nitrogens with one attached hydrogen (secondary N) is 1. The molecular weight excluding hydrogens is 374 g/mol. The normalized spacial score (nSPS) is 11.1. The van der Waals surface area contributed by atoms with Gasteiger partial charge >= 0.3 is 0 Å². The number of carbonyl (C=O) groups is 1. The standard InChI is InChI=1S/C21H25N3O5/c1-14(2)28-19-10-7-17(20(12-19)29-15(3)4)13-22-23-21(25)11-16-5-8-18(9-6-16)24(26)27/h5-10,12-15H,11H2,1-4H3,(H,23,25)/b22-13+. The molecule has 0 bridgehead atoms. The lowest BCUT2D eigenvalue weighted by atomic mass is 10.1. The van der Waals surface area contributed by atoms with Crippen LogP contribution in [0.3, 0.4) is 0 Å². The van der Waals surface area contributed by atoms with Gasteiger partial charge in [-0.25, -0.2) is 5.43 Å². The van der Waals surface area contributed by atoms with Crippen molar-refractivity contribution >= 4 is 17.8 Å². The van der Waals surface area contributed by atoms with Crippen LogP contribution in [-0.2, 0) is 11.2 Å². The molecule has 0 heterocycles. The Labute approximate surface area is 169 Å². The Bertz CT molecular complexity index is 876. The fourth-order valence-electron chi connectivity index (χ4n) is 2.46. The molecule has 154 valence electrons. The predicted octanol–water partition coefficient (Wildman–Crippen LogP) is 3.86. The average molecular weight is 399 g/mol. The maximum absolute atomic E-state index is 12.0. The summed E-state index contributed by atoms with van der Waals surface area (Å²) in [5, 5.41) is 14.7. The number of hydrazone groups is 1. The van der Waals surface area contributed by atoms with Crippen molar-refractivity contribution in [3.05, 3.63) is 63.7 Å². The number of rotatable bonds is 9. The molecule has 0 spiro atoms. The van der Waals surface area contributed by atoms with Crippen molar-refractivity contribution in [2.45, 2.75) is 46.3 Å². The summed E-state index contributed by atoms with van der Waals surface area (Å²) in [5.41, 5.74) is 3.79. The van der Waals surface area contributed by atoms with Crippen LogP contribution in [0.5, 0.6) is 11.5 Å². The van der Waals surface area contributed by atoms with Crippen molar-refractivity contribution < 1.29 is 19.2 Å². The Kier molecular flexibility index (Phi) is 7.70. The van der Waals surface area contributed by atoms with E-state index in [1.165, 1.54) is 18.3 Å². The summed E-state index contributed by atoms with van der Waals surface area (Å²) in [4.78, 5) is 22.2. The van der Waals surface area contributed by atoms with Gasteiger partial charge in [-0.05, 0) is 45.4 Å². The first-order valence-electron chi connectivity index (χ1n) is 9.27. The molecule has 0 aliphatic carbocycles. The number of hydrogen-bond acceptors (Lipinski definition) is 6. The Balaban J connectivity index is 2.02. The molecule has 0 fully saturated rings. The summed E-state index contributed by atoms with van der Waals surface area (Å²) in [5.74, 6) is 0.961. The highest BCUT2D eigenvalue weighted by atomic mass is 16.6. The van der Waals surface area contributed by atoms with Crippen LogP contribution in [0.1, 0.15) is 38.8 Å². The minimum absolute atomic E-state index is 0.0187. The first-order chi connectivity index (χ1) is 13.7. The number of nitro groups is 1. The molecule has 0 aliphatic heterocycles. The second-order valence-corrected chi connectivity index (χ2v) is 6.93. The molecule has 0 aliphatic rings. The number of hydrogen-bond donors (Lipinski definition) is 1. The van der Waals surface area contributed by atoms with Crippen LogP contribution >= 0.6 is 0 Å². The van der Waals surface area contributed by atoms with Gasteiger partial charge in [0.2, 0.25) is 5.91 Å². The second-order valence-electron chi connectivity index (χ2n) is 6.93. The van der Waals surface area contributed by atoms with Gasteiger partial charge in [0.05, 0.1) is 29.8 Å². The van der Waals surface area contributed by atoms with Crippen molar-refractivity contribution in [1.29, 1.82) is 0 Å². The quantitative estimate of drug-likeness (QED) is 0.392. The second kappa shape index (κ2) is 10.2. The molecule has 0 atom stereocenters. The Morgan fingerprint density at radius 2 is 1.76 bits per heavy atom. The van der Waals surface area contributed by atoms with E-state index in [-0.39, 0.29) is 30.2 Å². The number of carbonyl (C=O) groups excluding carboxylic acids is 1. The van der Waals surface area contributed by atoms with Crippen molar-refractivity contribution in [2.75, 3.05) is 0 Å². The zero-order valence-corrected chi connectivity index (χ0v) is 16.9. The maximum Gasteiger partial charge on any atom is 0.269 e. The van der Waals surface area contributed by atoms with Crippen molar-refractivity contribution in [1.82, 2.24) is 5.43 Å². The van der Waals surface area contributed by atoms with Crippen LogP contribution in [-0.4, -0.2) is 29.3 Å². The lowest BCUT2D eigenvalue weighted by Crippen LogP contribution is -2.19. The van der Waals surface area contributed by atoms with Gasteiger partial charge in [0.1, 0.15) is 11.5 Å². The van der Waals surface area contributed by atoms with Crippen LogP contribution in [0.2, 0.25) is 0 Å². The molecule has 0 saturated carbocycles.